The lowest BCUT2D eigenvalue weighted by Gasteiger charge is -1.90. The Hall–Kier alpha value is -0.0400. The van der Waals surface area contributed by atoms with Crippen molar-refractivity contribution in [3.05, 3.63) is 0 Å². The molecule has 0 heterocycles. The fourth-order valence-electron chi connectivity index (χ4n) is 0.946. The van der Waals surface area contributed by atoms with Crippen LogP contribution in [0, 0.1) is 11.8 Å². The van der Waals surface area contributed by atoms with Gasteiger partial charge in [0.1, 0.15) is 0 Å². The van der Waals surface area contributed by atoms with Crippen LogP contribution in [0.15, 0.2) is 0 Å². The van der Waals surface area contributed by atoms with Crippen LogP contribution in [0.2, 0.25) is 0 Å². The molecule has 0 aromatic heterocycles. The van der Waals surface area contributed by atoms with E-state index in [1.807, 2.05) is 20.9 Å². The van der Waals surface area contributed by atoms with Gasteiger partial charge in [-0.05, 0) is 31.8 Å². The Bertz CT molecular complexity index is 61.6. The summed E-state index contributed by atoms with van der Waals surface area (Å²) >= 11 is 0. The zero-order chi connectivity index (χ0) is 7.28. The van der Waals surface area contributed by atoms with Gasteiger partial charge in [-0.25, -0.2) is 0 Å². The van der Waals surface area contributed by atoms with Crippen LogP contribution in [0.3, 0.4) is 0 Å². The minimum Gasteiger partial charge on any atom is -0.319 e. The lowest BCUT2D eigenvalue weighted by Crippen LogP contribution is -2.09. The van der Waals surface area contributed by atoms with E-state index >= 15 is 0 Å². The standard InChI is InChI=1S/C6H13N.C2H6/c1-5-3-6(5)4-7-2;1-2/h5-7H,3-4H2,1-2H3;1-2H3. The molecule has 1 aliphatic rings. The van der Waals surface area contributed by atoms with Crippen LogP contribution in [0.25, 0.3) is 0 Å². The Morgan fingerprint density at radius 2 is 1.89 bits per heavy atom. The molecule has 1 aliphatic carbocycles. The molecule has 1 fully saturated rings. The SMILES string of the molecule is CC.CNCC1CC1C. The maximum absolute atomic E-state index is 3.16. The summed E-state index contributed by atoms with van der Waals surface area (Å²) in [5.74, 6) is 2.01. The van der Waals surface area contributed by atoms with Crippen molar-refractivity contribution >= 4 is 0 Å². The van der Waals surface area contributed by atoms with E-state index < -0.39 is 0 Å². The van der Waals surface area contributed by atoms with Crippen molar-refractivity contribution in [1.82, 2.24) is 5.32 Å². The number of hydrogen-bond acceptors (Lipinski definition) is 1. The van der Waals surface area contributed by atoms with Crippen LogP contribution in [0.4, 0.5) is 0 Å². The maximum Gasteiger partial charge on any atom is -0.00209 e. The summed E-state index contributed by atoms with van der Waals surface area (Å²) in [5, 5.41) is 3.16. The van der Waals surface area contributed by atoms with Crippen molar-refractivity contribution in [2.45, 2.75) is 27.2 Å². The predicted molar refractivity (Wildman–Crippen MR) is 42.5 cm³/mol. The van der Waals surface area contributed by atoms with Gasteiger partial charge in [-0.1, -0.05) is 20.8 Å². The maximum atomic E-state index is 3.16. The Labute approximate surface area is 58.8 Å². The highest BCUT2D eigenvalue weighted by Gasteiger charge is 2.30. The highest BCUT2D eigenvalue weighted by atomic mass is 14.8. The zero-order valence-corrected chi connectivity index (χ0v) is 7.07. The van der Waals surface area contributed by atoms with Crippen molar-refractivity contribution in [1.29, 1.82) is 0 Å². The summed E-state index contributed by atoms with van der Waals surface area (Å²) in [6.07, 6.45) is 1.45. The minimum absolute atomic E-state index is 1.00. The van der Waals surface area contributed by atoms with Crippen LogP contribution >= 0.6 is 0 Å². The van der Waals surface area contributed by atoms with E-state index in [1.165, 1.54) is 13.0 Å². The molecule has 2 atom stereocenters. The lowest BCUT2D eigenvalue weighted by atomic mass is 10.3. The largest absolute Gasteiger partial charge is 0.319 e. The van der Waals surface area contributed by atoms with Gasteiger partial charge in [-0.15, -0.1) is 0 Å². The molecule has 9 heavy (non-hydrogen) atoms. The van der Waals surface area contributed by atoms with E-state index in [2.05, 4.69) is 12.2 Å². The Kier molecular flexibility index (Phi) is 4.78. The lowest BCUT2D eigenvalue weighted by molar-refractivity contribution is 0.672. The molecule has 1 nitrogen and oxygen atoms in total. The molecule has 0 aliphatic heterocycles. The van der Waals surface area contributed by atoms with Gasteiger partial charge in [-0.2, -0.15) is 0 Å². The molecule has 1 saturated carbocycles. The molecule has 0 radical (unpaired) electrons. The summed E-state index contributed by atoms with van der Waals surface area (Å²) in [5.41, 5.74) is 0. The number of rotatable bonds is 2. The van der Waals surface area contributed by atoms with Crippen LogP contribution in [0.1, 0.15) is 27.2 Å². The van der Waals surface area contributed by atoms with Gasteiger partial charge in [0.2, 0.25) is 0 Å². The second-order valence-corrected chi connectivity index (χ2v) is 2.53. The molecule has 0 bridgehead atoms. The van der Waals surface area contributed by atoms with Crippen LogP contribution < -0.4 is 5.32 Å². The van der Waals surface area contributed by atoms with Crippen LogP contribution in [-0.4, -0.2) is 13.6 Å². The van der Waals surface area contributed by atoms with E-state index in [4.69, 9.17) is 0 Å². The van der Waals surface area contributed by atoms with E-state index in [0.717, 1.165) is 11.8 Å². The first-order valence-corrected chi connectivity index (χ1v) is 3.99. The molecule has 1 N–H and O–H groups in total. The predicted octanol–water partition coefficient (Wildman–Crippen LogP) is 1.89. The molecule has 0 aromatic rings. The highest BCUT2D eigenvalue weighted by Crippen LogP contribution is 2.36. The summed E-state index contributed by atoms with van der Waals surface area (Å²) in [6.45, 7) is 7.53. The van der Waals surface area contributed by atoms with Crippen LogP contribution in [0.5, 0.6) is 0 Å². The van der Waals surface area contributed by atoms with Gasteiger partial charge in [-0.3, -0.25) is 0 Å². The third-order valence-corrected chi connectivity index (χ3v) is 1.74. The topological polar surface area (TPSA) is 12.0 Å². The fraction of sp³-hybridized carbons (Fsp3) is 1.00. The van der Waals surface area contributed by atoms with Crippen LogP contribution in [-0.2, 0) is 0 Å². The van der Waals surface area contributed by atoms with Gasteiger partial charge in [0, 0.05) is 0 Å². The second kappa shape index (κ2) is 4.80. The third kappa shape index (κ3) is 3.52. The molecular formula is C8H19N. The highest BCUT2D eigenvalue weighted by molar-refractivity contribution is 4.83. The molecule has 2 unspecified atom stereocenters. The molecule has 0 saturated heterocycles. The first kappa shape index (κ1) is 8.96. The number of hydrogen-bond donors (Lipinski definition) is 1. The van der Waals surface area contributed by atoms with E-state index in [0.29, 0.717) is 0 Å². The smallest absolute Gasteiger partial charge is 0.00209 e. The molecule has 56 valence electrons. The Balaban J connectivity index is 0.000000291. The zero-order valence-electron chi connectivity index (χ0n) is 7.07. The average molecular weight is 129 g/mol. The third-order valence-electron chi connectivity index (χ3n) is 1.74. The first-order chi connectivity index (χ1) is 4.34. The summed E-state index contributed by atoms with van der Waals surface area (Å²) in [6, 6.07) is 0. The van der Waals surface area contributed by atoms with Gasteiger partial charge in [0.15, 0.2) is 0 Å². The molecule has 1 rings (SSSR count). The Morgan fingerprint density at radius 3 is 2.00 bits per heavy atom. The van der Waals surface area contributed by atoms with Gasteiger partial charge < -0.3 is 5.32 Å². The van der Waals surface area contributed by atoms with Crippen molar-refractivity contribution in [3.8, 4) is 0 Å². The summed E-state index contributed by atoms with van der Waals surface area (Å²) in [7, 11) is 2.02. The van der Waals surface area contributed by atoms with Gasteiger partial charge >= 0.3 is 0 Å². The molecule has 0 spiro atoms. The molecule has 1 heteroatoms. The van der Waals surface area contributed by atoms with E-state index in [-0.39, 0.29) is 0 Å². The van der Waals surface area contributed by atoms with Gasteiger partial charge in [0.25, 0.3) is 0 Å². The molecule has 0 amide bonds. The van der Waals surface area contributed by atoms with Gasteiger partial charge in [0.05, 0.1) is 0 Å². The quantitative estimate of drug-likeness (QED) is 0.600. The monoisotopic (exact) mass is 129 g/mol. The van der Waals surface area contributed by atoms with Crippen molar-refractivity contribution in [3.63, 3.8) is 0 Å². The average Bonchev–Trinajstić information content (AvgIpc) is 2.54. The Morgan fingerprint density at radius 1 is 1.44 bits per heavy atom. The summed E-state index contributed by atoms with van der Waals surface area (Å²) in [4.78, 5) is 0. The fourth-order valence-corrected chi connectivity index (χ4v) is 0.946. The van der Waals surface area contributed by atoms with Crippen molar-refractivity contribution in [2.75, 3.05) is 13.6 Å². The van der Waals surface area contributed by atoms with Crippen molar-refractivity contribution in [2.24, 2.45) is 11.8 Å². The van der Waals surface area contributed by atoms with E-state index in [9.17, 15) is 0 Å². The molecular weight excluding hydrogens is 110 g/mol. The first-order valence-electron chi connectivity index (χ1n) is 3.99. The number of nitrogens with one attached hydrogen (secondary N) is 1. The second-order valence-electron chi connectivity index (χ2n) is 2.53. The van der Waals surface area contributed by atoms with Crippen molar-refractivity contribution < 1.29 is 0 Å². The molecule has 0 aromatic carbocycles. The van der Waals surface area contributed by atoms with E-state index in [1.54, 1.807) is 0 Å². The summed E-state index contributed by atoms with van der Waals surface area (Å²) < 4.78 is 0. The normalized spacial score (nSPS) is 30.7. The minimum atomic E-state index is 1.00.